The summed E-state index contributed by atoms with van der Waals surface area (Å²) in [6.07, 6.45) is 2.49. The first-order valence-electron chi connectivity index (χ1n) is 17.5. The maximum Gasteiger partial charge on any atom is 0.167 e. The van der Waals surface area contributed by atoms with Crippen LogP contribution in [0.4, 0.5) is 20.2 Å². The molecule has 0 aliphatic rings. The third kappa shape index (κ3) is 6.21. The van der Waals surface area contributed by atoms with Crippen LogP contribution in [0.25, 0.3) is 32.7 Å². The molecule has 0 saturated carbocycles. The van der Waals surface area contributed by atoms with Gasteiger partial charge in [0.15, 0.2) is 23.0 Å². The van der Waals surface area contributed by atoms with Crippen LogP contribution < -0.4 is 0 Å². The lowest BCUT2D eigenvalue weighted by Crippen LogP contribution is -2.01. The molecule has 8 nitrogen and oxygen atoms in total. The lowest BCUT2D eigenvalue weighted by Gasteiger charge is -2.23. The van der Waals surface area contributed by atoms with Gasteiger partial charge in [0.25, 0.3) is 0 Å². The van der Waals surface area contributed by atoms with Crippen molar-refractivity contribution in [1.82, 2.24) is 0 Å². The van der Waals surface area contributed by atoms with Gasteiger partial charge in [0, 0.05) is 45.5 Å². The molecule has 6 aromatic carbocycles. The second-order valence-electron chi connectivity index (χ2n) is 14.4. The van der Waals surface area contributed by atoms with Gasteiger partial charge in [0.05, 0.1) is 22.5 Å². The predicted molar refractivity (Wildman–Crippen MR) is 211 cm³/mol. The summed E-state index contributed by atoms with van der Waals surface area (Å²) in [5.41, 5.74) is 3.39. The van der Waals surface area contributed by atoms with E-state index in [1.54, 1.807) is 64.1 Å². The van der Waals surface area contributed by atoms with Gasteiger partial charge in [-0.15, -0.1) is 0 Å². The van der Waals surface area contributed by atoms with E-state index in [-0.39, 0.29) is 79.2 Å². The molecule has 6 N–H and O–H groups in total. The van der Waals surface area contributed by atoms with Gasteiger partial charge in [-0.25, -0.2) is 8.78 Å². The summed E-state index contributed by atoms with van der Waals surface area (Å²) in [6.45, 7) is 14.0. The minimum absolute atomic E-state index is 0.0348. The highest BCUT2D eigenvalue weighted by atomic mass is 19.1. The van der Waals surface area contributed by atoms with Crippen molar-refractivity contribution in [3.05, 3.63) is 105 Å². The fourth-order valence-electron chi connectivity index (χ4n) is 7.23. The van der Waals surface area contributed by atoms with Crippen LogP contribution in [0.2, 0.25) is 0 Å². The SMILES string of the molecule is Cc1ccc(N=Cc2c(O)c(O)c(C(C)C)c3cc(C)c(-c4c(C)cc5c(C(C)C)c(O)c(O)c(C=Nc6ccc(C)c(F)c6)c5c4O)c(O)c23)cc1F. The zero-order valence-corrected chi connectivity index (χ0v) is 31.3. The first-order valence-corrected chi connectivity index (χ1v) is 17.5. The summed E-state index contributed by atoms with van der Waals surface area (Å²) < 4.78 is 28.8. The maximum atomic E-state index is 14.4. The molecule has 0 aromatic heterocycles. The number of halogens is 2. The predicted octanol–water partition coefficient (Wildman–Crippen LogP) is 11.2. The average Bonchev–Trinajstić information content (AvgIpc) is 3.09. The first-order chi connectivity index (χ1) is 25.4. The monoisotopic (exact) mass is 732 g/mol. The van der Waals surface area contributed by atoms with E-state index in [1.807, 2.05) is 27.7 Å². The standard InChI is InChI=1S/C44H42F2N2O6/c1-19(2)33-27-13-23(7)35(41(51)37(27)29(39(49)43(33)53)17-47-25-11-9-21(5)31(45)15-25)36-24(8)14-28-34(20(3)4)44(54)40(50)30(38(28)42(36)52)18-48-26-12-10-22(6)32(46)16-26/h9-20,49-54H,1-8H3. The second-order valence-corrected chi connectivity index (χ2v) is 14.4. The van der Waals surface area contributed by atoms with Crippen LogP contribution in [0.3, 0.4) is 0 Å². The molecule has 0 amide bonds. The van der Waals surface area contributed by atoms with Crippen molar-refractivity contribution >= 4 is 45.3 Å². The molecule has 0 aliphatic carbocycles. The number of hydrogen-bond acceptors (Lipinski definition) is 8. The van der Waals surface area contributed by atoms with Gasteiger partial charge in [0.2, 0.25) is 0 Å². The molecule has 0 unspecified atom stereocenters. The molecular formula is C44H42F2N2O6. The molecule has 6 rings (SSSR count). The van der Waals surface area contributed by atoms with Crippen LogP contribution in [0.15, 0.2) is 58.5 Å². The first kappa shape index (κ1) is 37.6. The quantitative estimate of drug-likeness (QED) is 0.0711. The molecule has 0 spiro atoms. The minimum atomic E-state index is -0.542. The Morgan fingerprint density at radius 3 is 1.15 bits per heavy atom. The number of aliphatic imine (C=N–C) groups is 2. The van der Waals surface area contributed by atoms with Gasteiger partial charge in [-0.3, -0.25) is 9.98 Å². The second kappa shape index (κ2) is 14.0. The zero-order chi connectivity index (χ0) is 39.5. The summed E-state index contributed by atoms with van der Waals surface area (Å²) >= 11 is 0. The van der Waals surface area contributed by atoms with Gasteiger partial charge >= 0.3 is 0 Å². The molecule has 0 atom stereocenters. The number of nitrogens with zero attached hydrogens (tertiary/aromatic N) is 2. The summed E-state index contributed by atoms with van der Waals surface area (Å²) in [5, 5.41) is 71.0. The van der Waals surface area contributed by atoms with Crippen LogP contribution in [0.1, 0.15) is 84.0 Å². The topological polar surface area (TPSA) is 146 Å². The number of aryl methyl sites for hydroxylation is 4. The van der Waals surface area contributed by atoms with Crippen molar-refractivity contribution in [2.45, 2.75) is 67.2 Å². The van der Waals surface area contributed by atoms with Crippen LogP contribution in [0.5, 0.6) is 34.5 Å². The Hall–Kier alpha value is -6.16. The Morgan fingerprint density at radius 2 is 0.833 bits per heavy atom. The molecule has 10 heteroatoms. The molecule has 0 fully saturated rings. The van der Waals surface area contributed by atoms with Gasteiger partial charge in [-0.1, -0.05) is 52.0 Å². The Balaban J connectivity index is 1.71. The highest BCUT2D eigenvalue weighted by Crippen LogP contribution is 2.54. The maximum absolute atomic E-state index is 14.4. The molecule has 278 valence electrons. The Morgan fingerprint density at radius 1 is 0.481 bits per heavy atom. The largest absolute Gasteiger partial charge is 0.507 e. The van der Waals surface area contributed by atoms with E-state index in [9.17, 15) is 39.4 Å². The van der Waals surface area contributed by atoms with E-state index in [1.165, 1.54) is 24.6 Å². The smallest absolute Gasteiger partial charge is 0.167 e. The minimum Gasteiger partial charge on any atom is -0.507 e. The van der Waals surface area contributed by atoms with Gasteiger partial charge in [0.1, 0.15) is 23.1 Å². The number of aromatic hydroxyl groups is 6. The van der Waals surface area contributed by atoms with Crippen LogP contribution in [-0.4, -0.2) is 43.1 Å². The molecule has 0 heterocycles. The van der Waals surface area contributed by atoms with Crippen LogP contribution in [-0.2, 0) is 0 Å². The summed E-state index contributed by atoms with van der Waals surface area (Å²) in [4.78, 5) is 8.74. The molecule has 0 aliphatic heterocycles. The number of benzene rings is 6. The Bertz CT molecular complexity index is 2410. The van der Waals surface area contributed by atoms with Crippen LogP contribution in [0, 0.1) is 39.3 Å². The molecule has 54 heavy (non-hydrogen) atoms. The highest BCUT2D eigenvalue weighted by molar-refractivity contribution is 6.15. The van der Waals surface area contributed by atoms with Crippen molar-refractivity contribution in [1.29, 1.82) is 0 Å². The highest BCUT2D eigenvalue weighted by Gasteiger charge is 2.29. The lowest BCUT2D eigenvalue weighted by molar-refractivity contribution is 0.398. The number of hydrogen-bond donors (Lipinski definition) is 6. The van der Waals surface area contributed by atoms with Gasteiger partial charge in [-0.05, 0) is 96.8 Å². The number of phenols is 6. The third-order valence-electron chi connectivity index (χ3n) is 9.99. The zero-order valence-electron chi connectivity index (χ0n) is 31.3. The van der Waals surface area contributed by atoms with Crippen molar-refractivity contribution in [2.24, 2.45) is 9.98 Å². The van der Waals surface area contributed by atoms with Crippen molar-refractivity contribution in [3.8, 4) is 45.6 Å². The van der Waals surface area contributed by atoms with E-state index in [2.05, 4.69) is 9.98 Å². The molecule has 0 radical (unpaired) electrons. The average molecular weight is 733 g/mol. The number of rotatable bonds is 7. The number of phenolic OH excluding ortho intramolecular Hbond substituents is 6. The van der Waals surface area contributed by atoms with Gasteiger partial charge < -0.3 is 30.6 Å². The van der Waals surface area contributed by atoms with E-state index in [4.69, 9.17) is 0 Å². The third-order valence-corrected chi connectivity index (χ3v) is 9.99. The van der Waals surface area contributed by atoms with Crippen molar-refractivity contribution < 1.29 is 39.4 Å². The van der Waals surface area contributed by atoms with E-state index in [0.29, 0.717) is 44.2 Å². The van der Waals surface area contributed by atoms with E-state index >= 15 is 0 Å². The van der Waals surface area contributed by atoms with Gasteiger partial charge in [-0.2, -0.15) is 0 Å². The fraction of sp³-hybridized carbons (Fsp3) is 0.227. The summed E-state index contributed by atoms with van der Waals surface area (Å²) in [7, 11) is 0. The molecule has 0 saturated heterocycles. The summed E-state index contributed by atoms with van der Waals surface area (Å²) in [5.74, 6) is -4.10. The van der Waals surface area contributed by atoms with Crippen molar-refractivity contribution in [3.63, 3.8) is 0 Å². The van der Waals surface area contributed by atoms with E-state index in [0.717, 1.165) is 0 Å². The lowest BCUT2D eigenvalue weighted by atomic mass is 9.83. The number of fused-ring (bicyclic) bond motifs is 2. The summed E-state index contributed by atoms with van der Waals surface area (Å²) in [6, 6.07) is 12.3. The Kier molecular flexibility index (Phi) is 9.75. The molecule has 0 bridgehead atoms. The fourth-order valence-corrected chi connectivity index (χ4v) is 7.23. The Labute approximate surface area is 311 Å². The normalized spacial score (nSPS) is 12.1. The molecule has 6 aromatic rings. The van der Waals surface area contributed by atoms with Crippen molar-refractivity contribution in [2.75, 3.05) is 0 Å². The van der Waals surface area contributed by atoms with Crippen LogP contribution >= 0.6 is 0 Å². The molecular weight excluding hydrogens is 690 g/mol. The van der Waals surface area contributed by atoms with E-state index < -0.39 is 23.1 Å².